The van der Waals surface area contributed by atoms with Gasteiger partial charge in [-0.2, -0.15) is 0 Å². The van der Waals surface area contributed by atoms with E-state index in [1.54, 1.807) is 19.9 Å². The summed E-state index contributed by atoms with van der Waals surface area (Å²) in [6.45, 7) is 4.60. The molecule has 0 bridgehead atoms. The summed E-state index contributed by atoms with van der Waals surface area (Å²) < 4.78 is 13.7. The molecule has 1 aliphatic rings. The first-order valence-electron chi connectivity index (χ1n) is 7.53. The maximum atomic E-state index is 13.7. The number of piperazine rings is 1. The zero-order chi connectivity index (χ0) is 17.0. The number of hydrogen-bond donors (Lipinski definition) is 1. The molecule has 1 aromatic carbocycles. The lowest BCUT2D eigenvalue weighted by Gasteiger charge is -2.34. The van der Waals surface area contributed by atoms with Gasteiger partial charge in [0.1, 0.15) is 5.82 Å². The van der Waals surface area contributed by atoms with Crippen molar-refractivity contribution in [2.45, 2.75) is 19.9 Å². The topological polar surface area (TPSA) is 69.7 Å². The van der Waals surface area contributed by atoms with Gasteiger partial charge in [0.05, 0.1) is 5.56 Å². The number of amides is 3. The Labute approximate surface area is 134 Å². The van der Waals surface area contributed by atoms with Crippen LogP contribution in [0, 0.1) is 5.82 Å². The van der Waals surface area contributed by atoms with Crippen molar-refractivity contribution < 1.29 is 18.8 Å². The molecular weight excluding hydrogens is 301 g/mol. The van der Waals surface area contributed by atoms with Crippen molar-refractivity contribution in [2.24, 2.45) is 0 Å². The second-order valence-corrected chi connectivity index (χ2v) is 5.69. The van der Waals surface area contributed by atoms with Crippen LogP contribution in [0.25, 0.3) is 0 Å². The molecule has 124 valence electrons. The molecule has 1 aliphatic heterocycles. The molecule has 0 atom stereocenters. The summed E-state index contributed by atoms with van der Waals surface area (Å²) in [5.74, 6) is -2.21. The molecule has 1 heterocycles. The lowest BCUT2D eigenvalue weighted by molar-refractivity contribution is -0.147. The number of hydrogen-bond acceptors (Lipinski definition) is 3. The number of carbonyl (C=O) groups excluding carboxylic acids is 3. The minimum absolute atomic E-state index is 0.0184. The molecule has 23 heavy (non-hydrogen) atoms. The van der Waals surface area contributed by atoms with E-state index >= 15 is 0 Å². The molecule has 2 rings (SSSR count). The fraction of sp³-hybridized carbons (Fsp3) is 0.438. The normalized spacial score (nSPS) is 14.8. The molecule has 0 radical (unpaired) electrons. The van der Waals surface area contributed by atoms with E-state index in [1.807, 2.05) is 0 Å². The monoisotopic (exact) mass is 321 g/mol. The first-order valence-corrected chi connectivity index (χ1v) is 7.53. The SMILES string of the molecule is CC(C)NC(=O)C(=O)N1CCN(C(=O)c2ccccc2F)CC1. The van der Waals surface area contributed by atoms with Gasteiger partial charge in [-0.3, -0.25) is 14.4 Å². The number of rotatable bonds is 2. The van der Waals surface area contributed by atoms with Crippen molar-refractivity contribution in [2.75, 3.05) is 26.2 Å². The van der Waals surface area contributed by atoms with Crippen molar-refractivity contribution in [3.05, 3.63) is 35.6 Å². The fourth-order valence-electron chi connectivity index (χ4n) is 2.39. The number of nitrogens with zero attached hydrogens (tertiary/aromatic N) is 2. The molecule has 1 saturated heterocycles. The number of benzene rings is 1. The van der Waals surface area contributed by atoms with Crippen LogP contribution in [-0.2, 0) is 9.59 Å². The summed E-state index contributed by atoms with van der Waals surface area (Å²) in [5.41, 5.74) is 0.0184. The maximum absolute atomic E-state index is 13.7. The van der Waals surface area contributed by atoms with E-state index in [0.29, 0.717) is 0 Å². The van der Waals surface area contributed by atoms with Gasteiger partial charge in [-0.15, -0.1) is 0 Å². The quantitative estimate of drug-likeness (QED) is 0.813. The van der Waals surface area contributed by atoms with Crippen LogP contribution in [0.15, 0.2) is 24.3 Å². The Bertz CT molecular complexity index is 610. The van der Waals surface area contributed by atoms with Gasteiger partial charge in [0.25, 0.3) is 5.91 Å². The van der Waals surface area contributed by atoms with Crippen molar-refractivity contribution in [1.29, 1.82) is 0 Å². The molecule has 1 N–H and O–H groups in total. The van der Waals surface area contributed by atoms with Crippen molar-refractivity contribution >= 4 is 17.7 Å². The van der Waals surface area contributed by atoms with Gasteiger partial charge in [-0.1, -0.05) is 12.1 Å². The highest BCUT2D eigenvalue weighted by molar-refractivity contribution is 6.35. The Balaban J connectivity index is 1.94. The molecular formula is C16H20FN3O3. The van der Waals surface area contributed by atoms with Gasteiger partial charge in [0.15, 0.2) is 0 Å². The fourth-order valence-corrected chi connectivity index (χ4v) is 2.39. The molecule has 7 heteroatoms. The summed E-state index contributed by atoms with van der Waals surface area (Å²) in [6.07, 6.45) is 0. The van der Waals surface area contributed by atoms with E-state index in [-0.39, 0.29) is 37.8 Å². The molecule has 0 aliphatic carbocycles. The first-order chi connectivity index (χ1) is 10.9. The Kier molecular flexibility index (Phi) is 5.31. The van der Waals surface area contributed by atoms with Gasteiger partial charge in [-0.05, 0) is 26.0 Å². The van der Waals surface area contributed by atoms with E-state index in [9.17, 15) is 18.8 Å². The summed E-state index contributed by atoms with van der Waals surface area (Å²) >= 11 is 0. The third kappa shape index (κ3) is 4.06. The predicted molar refractivity (Wildman–Crippen MR) is 82.2 cm³/mol. The largest absolute Gasteiger partial charge is 0.346 e. The standard InChI is InChI=1S/C16H20FN3O3/c1-11(2)18-14(21)16(23)20-9-7-19(8-10-20)15(22)12-5-3-4-6-13(12)17/h3-6,11H,7-10H2,1-2H3,(H,18,21). The van der Waals surface area contributed by atoms with Crippen LogP contribution in [-0.4, -0.2) is 59.7 Å². The van der Waals surface area contributed by atoms with Gasteiger partial charge in [-0.25, -0.2) is 4.39 Å². The Morgan fingerprint density at radius 1 is 1.04 bits per heavy atom. The van der Waals surface area contributed by atoms with Gasteiger partial charge in [0, 0.05) is 32.2 Å². The minimum Gasteiger partial charge on any atom is -0.346 e. The maximum Gasteiger partial charge on any atom is 0.312 e. The molecule has 0 unspecified atom stereocenters. The molecule has 1 fully saturated rings. The average Bonchev–Trinajstić information content (AvgIpc) is 2.53. The average molecular weight is 321 g/mol. The van der Waals surface area contributed by atoms with Crippen LogP contribution in [0.2, 0.25) is 0 Å². The van der Waals surface area contributed by atoms with Crippen LogP contribution in [0.4, 0.5) is 4.39 Å². The van der Waals surface area contributed by atoms with Crippen molar-refractivity contribution in [1.82, 2.24) is 15.1 Å². The minimum atomic E-state index is -0.645. The third-order valence-corrected chi connectivity index (χ3v) is 3.57. The lowest BCUT2D eigenvalue weighted by Crippen LogP contribution is -2.54. The highest BCUT2D eigenvalue weighted by Crippen LogP contribution is 2.12. The van der Waals surface area contributed by atoms with E-state index in [4.69, 9.17) is 0 Å². The van der Waals surface area contributed by atoms with Crippen molar-refractivity contribution in [3.63, 3.8) is 0 Å². The second-order valence-electron chi connectivity index (χ2n) is 5.69. The van der Waals surface area contributed by atoms with E-state index in [0.717, 1.165) is 0 Å². The summed E-state index contributed by atoms with van der Waals surface area (Å²) in [6, 6.07) is 5.69. The Morgan fingerprint density at radius 2 is 1.61 bits per heavy atom. The smallest absolute Gasteiger partial charge is 0.312 e. The van der Waals surface area contributed by atoms with Crippen LogP contribution in [0.1, 0.15) is 24.2 Å². The summed E-state index contributed by atoms with van der Waals surface area (Å²) in [4.78, 5) is 38.9. The highest BCUT2D eigenvalue weighted by Gasteiger charge is 2.29. The third-order valence-electron chi connectivity index (χ3n) is 3.57. The number of carbonyl (C=O) groups is 3. The second kappa shape index (κ2) is 7.21. The first kappa shape index (κ1) is 16.9. The van der Waals surface area contributed by atoms with E-state index < -0.39 is 23.5 Å². The zero-order valence-electron chi connectivity index (χ0n) is 13.2. The summed E-state index contributed by atoms with van der Waals surface area (Å²) in [7, 11) is 0. The van der Waals surface area contributed by atoms with Gasteiger partial charge in [0.2, 0.25) is 0 Å². The molecule has 1 aromatic rings. The van der Waals surface area contributed by atoms with Crippen LogP contribution in [0.3, 0.4) is 0 Å². The zero-order valence-corrected chi connectivity index (χ0v) is 13.2. The Hall–Kier alpha value is -2.44. The predicted octanol–water partition coefficient (Wildman–Crippen LogP) is 0.635. The lowest BCUT2D eigenvalue weighted by atomic mass is 10.1. The molecule has 0 aromatic heterocycles. The Morgan fingerprint density at radius 3 is 2.17 bits per heavy atom. The summed E-state index contributed by atoms with van der Waals surface area (Å²) in [5, 5.41) is 2.55. The van der Waals surface area contributed by atoms with Crippen LogP contribution < -0.4 is 5.32 Å². The molecule has 0 spiro atoms. The molecule has 0 saturated carbocycles. The van der Waals surface area contributed by atoms with Crippen LogP contribution >= 0.6 is 0 Å². The van der Waals surface area contributed by atoms with E-state index in [1.165, 1.54) is 28.0 Å². The van der Waals surface area contributed by atoms with Gasteiger partial charge >= 0.3 is 11.8 Å². The number of halogens is 1. The van der Waals surface area contributed by atoms with Crippen molar-refractivity contribution in [3.8, 4) is 0 Å². The van der Waals surface area contributed by atoms with E-state index in [2.05, 4.69) is 5.32 Å². The van der Waals surface area contributed by atoms with Crippen LogP contribution in [0.5, 0.6) is 0 Å². The molecule has 6 nitrogen and oxygen atoms in total. The molecule has 3 amide bonds. The highest BCUT2D eigenvalue weighted by atomic mass is 19.1. The van der Waals surface area contributed by atoms with Gasteiger partial charge < -0.3 is 15.1 Å². The number of nitrogens with one attached hydrogen (secondary N) is 1.